The predicted octanol–water partition coefficient (Wildman–Crippen LogP) is 4.01. The number of aromatic amines is 1. The fourth-order valence-electron chi connectivity index (χ4n) is 5.01. The average molecular weight is 440 g/mol. The molecule has 2 aliphatic rings. The minimum atomic E-state index is -0.439. The Morgan fingerprint density at radius 1 is 1.16 bits per heavy atom. The Hall–Kier alpha value is -2.90. The number of nitrogens with one attached hydrogen (secondary N) is 2. The van der Waals surface area contributed by atoms with Crippen LogP contribution < -0.4 is 5.32 Å². The number of carbonyl (C=O) groups is 2. The van der Waals surface area contributed by atoms with E-state index in [-0.39, 0.29) is 17.8 Å². The fraction of sp³-hybridized carbons (Fsp3) is 0.583. The van der Waals surface area contributed by atoms with Crippen LogP contribution in [0, 0.1) is 11.8 Å². The lowest BCUT2D eigenvalue weighted by Crippen LogP contribution is -2.44. The molecule has 1 atom stereocenters. The van der Waals surface area contributed by atoms with Gasteiger partial charge in [0.15, 0.2) is 0 Å². The third kappa shape index (κ3) is 5.29. The van der Waals surface area contributed by atoms with Crippen molar-refractivity contribution in [1.29, 1.82) is 0 Å². The SMILES string of the molecule is CCOC(=O)[C@@H](c1cccc(Nc2ccn[nH]2)n1)C1CCN(C(=O)C2CCCCC2)CC1. The van der Waals surface area contributed by atoms with Gasteiger partial charge in [-0.2, -0.15) is 5.10 Å². The number of esters is 1. The largest absolute Gasteiger partial charge is 0.465 e. The Labute approximate surface area is 189 Å². The minimum Gasteiger partial charge on any atom is -0.465 e. The van der Waals surface area contributed by atoms with E-state index in [2.05, 4.69) is 15.5 Å². The van der Waals surface area contributed by atoms with Gasteiger partial charge in [-0.1, -0.05) is 25.3 Å². The van der Waals surface area contributed by atoms with Crippen LogP contribution in [0.1, 0.15) is 63.5 Å². The van der Waals surface area contributed by atoms with E-state index in [0.717, 1.165) is 44.3 Å². The second kappa shape index (κ2) is 10.6. The summed E-state index contributed by atoms with van der Waals surface area (Å²) in [7, 11) is 0. The summed E-state index contributed by atoms with van der Waals surface area (Å²) in [5, 5.41) is 9.97. The second-order valence-corrected chi connectivity index (χ2v) is 8.77. The number of amides is 1. The van der Waals surface area contributed by atoms with E-state index in [9.17, 15) is 9.59 Å². The zero-order chi connectivity index (χ0) is 22.3. The number of pyridine rings is 1. The van der Waals surface area contributed by atoms with Gasteiger partial charge in [-0.05, 0) is 50.7 Å². The number of hydrogen-bond donors (Lipinski definition) is 2. The number of rotatable bonds is 7. The summed E-state index contributed by atoms with van der Waals surface area (Å²) >= 11 is 0. The van der Waals surface area contributed by atoms with E-state index in [1.165, 1.54) is 6.42 Å². The highest BCUT2D eigenvalue weighted by atomic mass is 16.5. The normalized spacial score (nSPS) is 18.8. The number of likely N-dealkylation sites (tertiary alicyclic amines) is 1. The Kier molecular flexibility index (Phi) is 7.39. The van der Waals surface area contributed by atoms with Gasteiger partial charge in [0.1, 0.15) is 17.6 Å². The molecule has 2 fully saturated rings. The predicted molar refractivity (Wildman–Crippen MR) is 121 cm³/mol. The molecule has 1 saturated carbocycles. The molecule has 4 rings (SSSR count). The van der Waals surface area contributed by atoms with Crippen molar-refractivity contribution >= 4 is 23.5 Å². The van der Waals surface area contributed by atoms with Crippen LogP contribution in [0.2, 0.25) is 0 Å². The van der Waals surface area contributed by atoms with Crippen molar-refractivity contribution in [3.8, 4) is 0 Å². The third-order valence-corrected chi connectivity index (χ3v) is 6.67. The molecule has 2 aromatic rings. The number of H-pyrrole nitrogens is 1. The molecule has 0 bridgehead atoms. The maximum atomic E-state index is 13.0. The van der Waals surface area contributed by atoms with Crippen LogP contribution >= 0.6 is 0 Å². The lowest BCUT2D eigenvalue weighted by Gasteiger charge is -2.37. The second-order valence-electron chi connectivity index (χ2n) is 8.77. The van der Waals surface area contributed by atoms with Crippen molar-refractivity contribution in [3.63, 3.8) is 0 Å². The quantitative estimate of drug-likeness (QED) is 0.632. The Morgan fingerprint density at radius 2 is 1.94 bits per heavy atom. The van der Waals surface area contributed by atoms with Gasteiger partial charge in [-0.15, -0.1) is 0 Å². The van der Waals surface area contributed by atoms with Crippen molar-refractivity contribution in [3.05, 3.63) is 36.2 Å². The van der Waals surface area contributed by atoms with Gasteiger partial charge in [0.2, 0.25) is 5.91 Å². The van der Waals surface area contributed by atoms with Crippen molar-refractivity contribution in [2.75, 3.05) is 25.0 Å². The molecule has 1 aliphatic heterocycles. The molecule has 172 valence electrons. The summed E-state index contributed by atoms with van der Waals surface area (Å²) in [6.45, 7) is 3.55. The number of ether oxygens (including phenoxy) is 1. The van der Waals surface area contributed by atoms with Crippen LogP contribution in [0.25, 0.3) is 0 Å². The van der Waals surface area contributed by atoms with Crippen LogP contribution in [0.4, 0.5) is 11.6 Å². The van der Waals surface area contributed by atoms with Crippen molar-refractivity contribution in [2.24, 2.45) is 11.8 Å². The molecule has 0 spiro atoms. The molecule has 0 unspecified atom stereocenters. The van der Waals surface area contributed by atoms with Crippen LogP contribution in [0.15, 0.2) is 30.5 Å². The van der Waals surface area contributed by atoms with Gasteiger partial charge in [-0.3, -0.25) is 14.7 Å². The molecule has 2 aromatic heterocycles. The van der Waals surface area contributed by atoms with Crippen molar-refractivity contribution < 1.29 is 14.3 Å². The highest BCUT2D eigenvalue weighted by Crippen LogP contribution is 2.35. The molecule has 1 saturated heterocycles. The molecular weight excluding hydrogens is 406 g/mol. The molecule has 0 radical (unpaired) electrons. The first-order chi connectivity index (χ1) is 15.7. The van der Waals surface area contributed by atoms with Crippen LogP contribution in [0.5, 0.6) is 0 Å². The van der Waals surface area contributed by atoms with E-state index >= 15 is 0 Å². The highest BCUT2D eigenvalue weighted by Gasteiger charge is 2.37. The van der Waals surface area contributed by atoms with Crippen LogP contribution in [0.3, 0.4) is 0 Å². The number of anilines is 2. The summed E-state index contributed by atoms with van der Waals surface area (Å²) in [6, 6.07) is 7.46. The van der Waals surface area contributed by atoms with E-state index in [1.807, 2.05) is 36.1 Å². The third-order valence-electron chi connectivity index (χ3n) is 6.67. The first kappa shape index (κ1) is 22.3. The van der Waals surface area contributed by atoms with E-state index in [4.69, 9.17) is 9.72 Å². The first-order valence-electron chi connectivity index (χ1n) is 11.8. The zero-order valence-electron chi connectivity index (χ0n) is 18.8. The number of piperidine rings is 1. The molecule has 8 nitrogen and oxygen atoms in total. The van der Waals surface area contributed by atoms with E-state index in [1.54, 1.807) is 6.20 Å². The van der Waals surface area contributed by atoms with Gasteiger partial charge >= 0.3 is 5.97 Å². The average Bonchev–Trinajstić information content (AvgIpc) is 3.33. The Morgan fingerprint density at radius 3 is 2.62 bits per heavy atom. The molecule has 3 heterocycles. The molecule has 32 heavy (non-hydrogen) atoms. The van der Waals surface area contributed by atoms with Gasteiger partial charge in [-0.25, -0.2) is 4.98 Å². The first-order valence-corrected chi connectivity index (χ1v) is 11.8. The monoisotopic (exact) mass is 439 g/mol. The summed E-state index contributed by atoms with van der Waals surface area (Å²) < 4.78 is 5.43. The molecule has 1 aliphatic carbocycles. The number of aromatic nitrogens is 3. The summed E-state index contributed by atoms with van der Waals surface area (Å²) in [5.74, 6) is 1.29. The lowest BCUT2D eigenvalue weighted by molar-refractivity contribution is -0.147. The molecule has 1 amide bonds. The fourth-order valence-corrected chi connectivity index (χ4v) is 5.01. The summed E-state index contributed by atoms with van der Waals surface area (Å²) in [6.07, 6.45) is 8.82. The van der Waals surface area contributed by atoms with E-state index < -0.39 is 5.92 Å². The Balaban J connectivity index is 1.45. The molecular formula is C24H33N5O3. The lowest BCUT2D eigenvalue weighted by atomic mass is 9.81. The maximum Gasteiger partial charge on any atom is 0.315 e. The number of carbonyl (C=O) groups excluding carboxylic acids is 2. The zero-order valence-corrected chi connectivity index (χ0v) is 18.8. The topological polar surface area (TPSA) is 100 Å². The van der Waals surface area contributed by atoms with Crippen LogP contribution in [-0.4, -0.2) is 51.7 Å². The van der Waals surface area contributed by atoms with Gasteiger partial charge in [0.25, 0.3) is 0 Å². The van der Waals surface area contributed by atoms with Gasteiger partial charge < -0.3 is 15.0 Å². The maximum absolute atomic E-state index is 13.0. The number of hydrogen-bond acceptors (Lipinski definition) is 6. The van der Waals surface area contributed by atoms with Crippen LogP contribution in [-0.2, 0) is 14.3 Å². The highest BCUT2D eigenvalue weighted by molar-refractivity contribution is 5.80. The van der Waals surface area contributed by atoms with Crippen molar-refractivity contribution in [2.45, 2.75) is 57.8 Å². The standard InChI is InChI=1S/C24H33N5O3/c1-2-32-24(31)22(19-9-6-10-20(26-19)27-21-11-14-25-28-21)17-12-15-29(16-13-17)23(30)18-7-4-3-5-8-18/h6,9-11,14,17-18,22H,2-5,7-8,12-13,15-16H2,1H3,(H2,25,26,27,28)/t22-/m1/s1. The van der Waals surface area contributed by atoms with Gasteiger partial charge in [0, 0.05) is 25.1 Å². The molecule has 8 heteroatoms. The summed E-state index contributed by atoms with van der Waals surface area (Å²) in [4.78, 5) is 32.6. The van der Waals surface area contributed by atoms with Crippen molar-refractivity contribution in [1.82, 2.24) is 20.1 Å². The molecule has 2 N–H and O–H groups in total. The number of nitrogens with zero attached hydrogens (tertiary/aromatic N) is 3. The summed E-state index contributed by atoms with van der Waals surface area (Å²) in [5.41, 5.74) is 0.699. The van der Waals surface area contributed by atoms with E-state index in [0.29, 0.717) is 37.1 Å². The smallest absolute Gasteiger partial charge is 0.315 e. The molecule has 0 aromatic carbocycles. The Bertz CT molecular complexity index is 887. The minimum absolute atomic E-state index is 0.0966. The van der Waals surface area contributed by atoms with Gasteiger partial charge in [0.05, 0.1) is 18.5 Å².